The van der Waals surface area contributed by atoms with Crippen molar-refractivity contribution in [3.05, 3.63) is 0 Å². The van der Waals surface area contributed by atoms with Gasteiger partial charge >= 0.3 is 0 Å². The number of hydrazone groups is 1. The average Bonchev–Trinajstić information content (AvgIpc) is 1.69. The summed E-state index contributed by atoms with van der Waals surface area (Å²) in [5.74, 6) is 5.01. The van der Waals surface area contributed by atoms with Gasteiger partial charge in [0.05, 0.1) is 0 Å². The highest BCUT2D eigenvalue weighted by Crippen LogP contribution is 1.97. The molecule has 0 aliphatic heterocycles. The van der Waals surface area contributed by atoms with E-state index in [1.807, 2.05) is 25.3 Å². The maximum atomic E-state index is 5.01. The van der Waals surface area contributed by atoms with Gasteiger partial charge < -0.3 is 10.7 Å². The van der Waals surface area contributed by atoms with Crippen LogP contribution in [0.5, 0.6) is 0 Å². The molecule has 48 valence electrons. The number of nitrogens with two attached hydrogens (primary N) is 1. The second-order valence-electron chi connectivity index (χ2n) is 1.51. The van der Waals surface area contributed by atoms with Gasteiger partial charge in [0.25, 0.3) is 0 Å². The van der Waals surface area contributed by atoms with E-state index >= 15 is 0 Å². The second-order valence-corrected chi connectivity index (χ2v) is 2.28. The average molecular weight is 133 g/mol. The van der Waals surface area contributed by atoms with Crippen LogP contribution in [0, 0.1) is 0 Å². The normalized spacial score (nSPS) is 11.6. The van der Waals surface area contributed by atoms with Crippen LogP contribution >= 0.6 is 11.8 Å². The van der Waals surface area contributed by atoms with Gasteiger partial charge in [0.1, 0.15) is 0 Å². The Kier molecular flexibility index (Phi) is 3.43. The lowest BCUT2D eigenvalue weighted by molar-refractivity contribution is 0.633. The molecule has 0 rings (SSSR count). The smallest absolute Gasteiger partial charge is 0.181 e. The Balaban J connectivity index is 3.72. The third-order valence-electron chi connectivity index (χ3n) is 0.676. The molecule has 0 heterocycles. The molecule has 0 aromatic heterocycles. The van der Waals surface area contributed by atoms with Gasteiger partial charge in [-0.05, 0) is 6.26 Å². The Bertz CT molecular complexity index is 89.3. The van der Waals surface area contributed by atoms with Gasteiger partial charge in [-0.15, -0.1) is 0 Å². The molecule has 0 spiro atoms. The first-order valence-corrected chi connectivity index (χ1v) is 3.44. The highest BCUT2D eigenvalue weighted by Gasteiger charge is 1.94. The van der Waals surface area contributed by atoms with E-state index in [-0.39, 0.29) is 0 Å². The Labute approximate surface area is 53.9 Å². The van der Waals surface area contributed by atoms with Crippen molar-refractivity contribution < 1.29 is 0 Å². The van der Waals surface area contributed by atoms with Gasteiger partial charge in [-0.2, -0.15) is 5.10 Å². The lowest BCUT2D eigenvalue weighted by Gasteiger charge is -2.10. The monoisotopic (exact) mass is 133 g/mol. The minimum absolute atomic E-state index is 0.838. The maximum absolute atomic E-state index is 5.01. The molecule has 8 heavy (non-hydrogen) atoms. The summed E-state index contributed by atoms with van der Waals surface area (Å²) in [7, 11) is 3.81. The van der Waals surface area contributed by atoms with E-state index in [2.05, 4.69) is 5.10 Å². The van der Waals surface area contributed by atoms with Crippen LogP contribution in [0.1, 0.15) is 0 Å². The minimum Gasteiger partial charge on any atom is -0.356 e. The fraction of sp³-hybridized carbons (Fsp3) is 0.750. The summed E-state index contributed by atoms with van der Waals surface area (Å²) < 4.78 is 0. The van der Waals surface area contributed by atoms with Crippen LogP contribution in [0.2, 0.25) is 0 Å². The lowest BCUT2D eigenvalue weighted by atomic mass is 10.9. The predicted octanol–water partition coefficient (Wildman–Crippen LogP) is 0.141. The van der Waals surface area contributed by atoms with Crippen LogP contribution in [0.3, 0.4) is 0 Å². The van der Waals surface area contributed by atoms with Crippen molar-refractivity contribution in [3.8, 4) is 0 Å². The third-order valence-corrected chi connectivity index (χ3v) is 1.51. The van der Waals surface area contributed by atoms with E-state index < -0.39 is 0 Å². The summed E-state index contributed by atoms with van der Waals surface area (Å²) in [6, 6.07) is 0. The van der Waals surface area contributed by atoms with Gasteiger partial charge in [-0.3, -0.25) is 0 Å². The van der Waals surface area contributed by atoms with Crippen LogP contribution in [-0.2, 0) is 0 Å². The van der Waals surface area contributed by atoms with Gasteiger partial charge in [0.15, 0.2) is 5.17 Å². The Hall–Kier alpha value is -0.380. The first-order valence-electron chi connectivity index (χ1n) is 2.21. The van der Waals surface area contributed by atoms with Crippen molar-refractivity contribution in [1.29, 1.82) is 0 Å². The summed E-state index contributed by atoms with van der Waals surface area (Å²) in [4.78, 5) is 1.87. The molecule has 0 saturated heterocycles. The highest BCUT2D eigenvalue weighted by molar-refractivity contribution is 8.13. The molecule has 0 fully saturated rings. The highest BCUT2D eigenvalue weighted by atomic mass is 32.2. The molecule has 0 unspecified atom stereocenters. The summed E-state index contributed by atoms with van der Waals surface area (Å²) in [5.41, 5.74) is 0. The van der Waals surface area contributed by atoms with Crippen molar-refractivity contribution in [2.45, 2.75) is 0 Å². The molecule has 0 saturated carbocycles. The molecule has 0 aliphatic carbocycles. The van der Waals surface area contributed by atoms with E-state index in [1.54, 1.807) is 0 Å². The van der Waals surface area contributed by atoms with Crippen molar-refractivity contribution in [2.24, 2.45) is 10.9 Å². The lowest BCUT2D eigenvalue weighted by Crippen LogP contribution is -2.19. The zero-order chi connectivity index (χ0) is 6.57. The first kappa shape index (κ1) is 7.62. The summed E-state index contributed by atoms with van der Waals surface area (Å²) in [5, 5.41) is 4.35. The number of hydrogen-bond acceptors (Lipinski definition) is 3. The Morgan fingerprint density at radius 1 is 1.62 bits per heavy atom. The van der Waals surface area contributed by atoms with Crippen molar-refractivity contribution in [1.82, 2.24) is 4.90 Å². The molecule has 0 aromatic rings. The predicted molar refractivity (Wildman–Crippen MR) is 38.8 cm³/mol. The van der Waals surface area contributed by atoms with Gasteiger partial charge in [-0.25, -0.2) is 0 Å². The van der Waals surface area contributed by atoms with Gasteiger partial charge in [0, 0.05) is 14.1 Å². The molecule has 0 aromatic carbocycles. The molecule has 0 atom stereocenters. The van der Waals surface area contributed by atoms with E-state index in [4.69, 9.17) is 5.84 Å². The molecule has 0 bridgehead atoms. The fourth-order valence-corrected chi connectivity index (χ4v) is 0.821. The quantitative estimate of drug-likeness (QED) is 0.221. The van der Waals surface area contributed by atoms with Crippen LogP contribution < -0.4 is 5.84 Å². The number of hydrogen-bond donors (Lipinski definition) is 1. The van der Waals surface area contributed by atoms with Crippen LogP contribution in [-0.4, -0.2) is 30.4 Å². The molecular weight excluding hydrogens is 122 g/mol. The van der Waals surface area contributed by atoms with Crippen molar-refractivity contribution in [2.75, 3.05) is 20.4 Å². The van der Waals surface area contributed by atoms with Gasteiger partial charge in [-0.1, -0.05) is 11.8 Å². The fourth-order valence-electron chi connectivity index (χ4n) is 0.351. The number of amidine groups is 1. The van der Waals surface area contributed by atoms with E-state index in [1.165, 1.54) is 11.8 Å². The number of nitrogens with zero attached hydrogens (tertiary/aromatic N) is 2. The zero-order valence-corrected chi connectivity index (χ0v) is 6.20. The third kappa shape index (κ3) is 2.07. The van der Waals surface area contributed by atoms with E-state index in [9.17, 15) is 0 Å². The summed E-state index contributed by atoms with van der Waals surface area (Å²) >= 11 is 1.53. The first-order chi connectivity index (χ1) is 3.72. The molecule has 0 amide bonds. The summed E-state index contributed by atoms with van der Waals surface area (Å²) in [6.07, 6.45) is 1.94. The Morgan fingerprint density at radius 3 is 2.12 bits per heavy atom. The van der Waals surface area contributed by atoms with Crippen LogP contribution in [0.25, 0.3) is 0 Å². The molecule has 3 nitrogen and oxygen atoms in total. The maximum Gasteiger partial charge on any atom is 0.181 e. The molecule has 0 aliphatic rings. The van der Waals surface area contributed by atoms with E-state index in [0.717, 1.165) is 5.17 Å². The van der Waals surface area contributed by atoms with E-state index in [0.29, 0.717) is 0 Å². The minimum atomic E-state index is 0.838. The summed E-state index contributed by atoms with van der Waals surface area (Å²) in [6.45, 7) is 0. The second kappa shape index (κ2) is 3.60. The van der Waals surface area contributed by atoms with Crippen LogP contribution in [0.15, 0.2) is 5.10 Å². The molecular formula is C4H11N3S. The molecule has 2 N–H and O–H groups in total. The standard InChI is InChI=1S/C4H11N3S/c1-7(2)4(6-5)8-3/h5H2,1-3H3/b6-4-. The van der Waals surface area contributed by atoms with Gasteiger partial charge in [0.2, 0.25) is 0 Å². The zero-order valence-electron chi connectivity index (χ0n) is 5.38. The molecule has 4 heteroatoms. The van der Waals surface area contributed by atoms with Crippen molar-refractivity contribution in [3.63, 3.8) is 0 Å². The SMILES string of the molecule is CS/C(=N\N)N(C)C. The number of rotatable bonds is 0. The number of thioether (sulfide) groups is 1. The molecule has 0 radical (unpaired) electrons. The topological polar surface area (TPSA) is 41.6 Å². The van der Waals surface area contributed by atoms with Crippen LogP contribution in [0.4, 0.5) is 0 Å². The Morgan fingerprint density at radius 2 is 2.12 bits per heavy atom. The van der Waals surface area contributed by atoms with Crippen molar-refractivity contribution >= 4 is 16.9 Å². The largest absolute Gasteiger partial charge is 0.356 e.